The maximum atomic E-state index is 12.4. The molecule has 1 aromatic rings. The Labute approximate surface area is 102 Å². The van der Waals surface area contributed by atoms with Crippen molar-refractivity contribution in [2.45, 2.75) is 39.7 Å². The van der Waals surface area contributed by atoms with Crippen LogP contribution in [0.15, 0.2) is 4.42 Å². The summed E-state index contributed by atoms with van der Waals surface area (Å²) in [4.78, 5) is 14.3. The zero-order valence-electron chi connectivity index (χ0n) is 10.7. The number of likely N-dealkylation sites (tertiary alicyclic amines) is 1. The van der Waals surface area contributed by atoms with Crippen LogP contribution in [0.2, 0.25) is 0 Å². The Morgan fingerprint density at radius 2 is 2.06 bits per heavy atom. The van der Waals surface area contributed by atoms with E-state index in [0.29, 0.717) is 12.3 Å². The summed E-state index contributed by atoms with van der Waals surface area (Å²) in [5.41, 5.74) is 7.57. The summed E-state index contributed by atoms with van der Waals surface area (Å²) >= 11 is 0. The van der Waals surface area contributed by atoms with Crippen LogP contribution in [0, 0.1) is 20.8 Å². The van der Waals surface area contributed by atoms with Crippen LogP contribution in [0.3, 0.4) is 0 Å². The number of nitrogens with two attached hydrogens (primary N) is 1. The van der Waals surface area contributed by atoms with Gasteiger partial charge in [-0.1, -0.05) is 0 Å². The fourth-order valence-corrected chi connectivity index (χ4v) is 2.46. The molecule has 94 valence electrons. The van der Waals surface area contributed by atoms with Gasteiger partial charge in [0.05, 0.1) is 5.56 Å². The Hall–Kier alpha value is -1.29. The van der Waals surface area contributed by atoms with E-state index in [-0.39, 0.29) is 11.9 Å². The second kappa shape index (κ2) is 4.53. The fraction of sp³-hybridized carbons (Fsp3) is 0.615. The second-order valence-corrected chi connectivity index (χ2v) is 4.87. The molecule has 1 aliphatic rings. The third-order valence-electron chi connectivity index (χ3n) is 3.52. The average molecular weight is 236 g/mol. The van der Waals surface area contributed by atoms with Gasteiger partial charge < -0.3 is 15.1 Å². The molecule has 0 unspecified atom stereocenters. The molecule has 1 fully saturated rings. The summed E-state index contributed by atoms with van der Waals surface area (Å²) in [5, 5.41) is 0. The molecule has 0 radical (unpaired) electrons. The van der Waals surface area contributed by atoms with E-state index in [1.54, 1.807) is 0 Å². The molecule has 0 bridgehead atoms. The molecule has 1 atom stereocenters. The first-order chi connectivity index (χ1) is 8.00. The fourth-order valence-electron chi connectivity index (χ4n) is 2.46. The van der Waals surface area contributed by atoms with Crippen molar-refractivity contribution in [1.82, 2.24) is 4.90 Å². The first-order valence-corrected chi connectivity index (χ1v) is 6.12. The largest absolute Gasteiger partial charge is 0.466 e. The van der Waals surface area contributed by atoms with Crippen molar-refractivity contribution in [1.29, 1.82) is 0 Å². The number of hydrogen-bond donors (Lipinski definition) is 1. The van der Waals surface area contributed by atoms with Gasteiger partial charge in [0, 0.05) is 24.7 Å². The molecule has 1 aliphatic heterocycles. The normalized spacial score (nSPS) is 20.7. The number of carbonyl (C=O) groups excluding carboxylic acids is 1. The number of nitrogens with zero attached hydrogens (tertiary/aromatic N) is 1. The van der Waals surface area contributed by atoms with Crippen molar-refractivity contribution >= 4 is 5.91 Å². The zero-order valence-corrected chi connectivity index (χ0v) is 10.7. The summed E-state index contributed by atoms with van der Waals surface area (Å²) < 4.78 is 5.51. The lowest BCUT2D eigenvalue weighted by Crippen LogP contribution is -2.45. The molecule has 1 amide bonds. The zero-order chi connectivity index (χ0) is 12.6. The molecule has 2 rings (SSSR count). The summed E-state index contributed by atoms with van der Waals surface area (Å²) in [6, 6.07) is 0.112. The smallest absolute Gasteiger partial charge is 0.257 e. The van der Waals surface area contributed by atoms with Gasteiger partial charge in [-0.25, -0.2) is 0 Å². The number of carbonyl (C=O) groups is 1. The molecule has 2 N–H and O–H groups in total. The molecule has 0 spiro atoms. The number of hydrogen-bond acceptors (Lipinski definition) is 3. The first kappa shape index (κ1) is 12.2. The molecule has 2 heterocycles. The van der Waals surface area contributed by atoms with Gasteiger partial charge in [-0.3, -0.25) is 4.79 Å². The SMILES string of the molecule is Cc1oc(C)c(C(=O)N2CCC[C@@H](N)C2)c1C. The molecule has 0 aromatic carbocycles. The highest BCUT2D eigenvalue weighted by atomic mass is 16.3. The number of amides is 1. The number of rotatable bonds is 1. The maximum absolute atomic E-state index is 12.4. The minimum atomic E-state index is 0.0620. The molecular formula is C13H20N2O2. The lowest BCUT2D eigenvalue weighted by atomic mass is 10.0. The molecule has 17 heavy (non-hydrogen) atoms. The molecule has 0 saturated carbocycles. The molecule has 1 aromatic heterocycles. The van der Waals surface area contributed by atoms with Gasteiger partial charge in [-0.2, -0.15) is 0 Å². The average Bonchev–Trinajstić information content (AvgIpc) is 2.52. The minimum Gasteiger partial charge on any atom is -0.466 e. The van der Waals surface area contributed by atoms with E-state index in [0.717, 1.165) is 36.3 Å². The Morgan fingerprint density at radius 1 is 1.35 bits per heavy atom. The van der Waals surface area contributed by atoms with Crippen LogP contribution >= 0.6 is 0 Å². The third-order valence-corrected chi connectivity index (χ3v) is 3.52. The maximum Gasteiger partial charge on any atom is 0.257 e. The molecule has 0 aliphatic carbocycles. The number of aryl methyl sites for hydroxylation is 2. The van der Waals surface area contributed by atoms with Crippen molar-refractivity contribution in [2.75, 3.05) is 13.1 Å². The van der Waals surface area contributed by atoms with E-state index in [1.807, 2.05) is 25.7 Å². The van der Waals surface area contributed by atoms with E-state index in [9.17, 15) is 4.79 Å². The van der Waals surface area contributed by atoms with Crippen LogP contribution < -0.4 is 5.73 Å². The van der Waals surface area contributed by atoms with Crippen molar-refractivity contribution in [3.05, 3.63) is 22.6 Å². The summed E-state index contributed by atoms with van der Waals surface area (Å²) in [5.74, 6) is 1.60. The first-order valence-electron chi connectivity index (χ1n) is 6.12. The Kier molecular flexibility index (Phi) is 3.24. The number of piperidine rings is 1. The van der Waals surface area contributed by atoms with Gasteiger partial charge in [-0.05, 0) is 33.6 Å². The van der Waals surface area contributed by atoms with Crippen LogP contribution in [-0.4, -0.2) is 29.9 Å². The predicted molar refractivity (Wildman–Crippen MR) is 66.0 cm³/mol. The van der Waals surface area contributed by atoms with Gasteiger partial charge in [-0.15, -0.1) is 0 Å². The van der Waals surface area contributed by atoms with Crippen LogP contribution in [0.1, 0.15) is 40.3 Å². The van der Waals surface area contributed by atoms with Crippen LogP contribution in [0.4, 0.5) is 0 Å². The van der Waals surface area contributed by atoms with Crippen LogP contribution in [-0.2, 0) is 0 Å². The summed E-state index contributed by atoms with van der Waals surface area (Å²) in [6.07, 6.45) is 1.99. The third kappa shape index (κ3) is 2.22. The lowest BCUT2D eigenvalue weighted by Gasteiger charge is -2.30. The summed E-state index contributed by atoms with van der Waals surface area (Å²) in [7, 11) is 0. The molecule has 4 nitrogen and oxygen atoms in total. The minimum absolute atomic E-state index is 0.0620. The Balaban J connectivity index is 2.24. The lowest BCUT2D eigenvalue weighted by molar-refractivity contribution is 0.0706. The highest BCUT2D eigenvalue weighted by Gasteiger charge is 2.26. The van der Waals surface area contributed by atoms with Crippen LogP contribution in [0.25, 0.3) is 0 Å². The van der Waals surface area contributed by atoms with Gasteiger partial charge >= 0.3 is 0 Å². The molecule has 1 saturated heterocycles. The van der Waals surface area contributed by atoms with E-state index in [1.165, 1.54) is 0 Å². The van der Waals surface area contributed by atoms with Gasteiger partial charge in [0.25, 0.3) is 5.91 Å². The van der Waals surface area contributed by atoms with Crippen molar-refractivity contribution in [3.8, 4) is 0 Å². The molecule has 4 heteroatoms. The van der Waals surface area contributed by atoms with E-state index in [2.05, 4.69) is 0 Å². The van der Waals surface area contributed by atoms with Crippen molar-refractivity contribution in [2.24, 2.45) is 5.73 Å². The monoisotopic (exact) mass is 236 g/mol. The predicted octanol–water partition coefficient (Wildman–Crippen LogP) is 1.77. The number of furan rings is 1. The quantitative estimate of drug-likeness (QED) is 0.808. The van der Waals surface area contributed by atoms with E-state index >= 15 is 0 Å². The second-order valence-electron chi connectivity index (χ2n) is 4.87. The van der Waals surface area contributed by atoms with Gasteiger partial charge in [0.2, 0.25) is 0 Å². The van der Waals surface area contributed by atoms with E-state index < -0.39 is 0 Å². The van der Waals surface area contributed by atoms with Gasteiger partial charge in [0.1, 0.15) is 11.5 Å². The Morgan fingerprint density at radius 3 is 2.59 bits per heavy atom. The topological polar surface area (TPSA) is 59.5 Å². The van der Waals surface area contributed by atoms with Crippen molar-refractivity contribution in [3.63, 3.8) is 0 Å². The highest BCUT2D eigenvalue weighted by molar-refractivity contribution is 5.97. The van der Waals surface area contributed by atoms with Crippen molar-refractivity contribution < 1.29 is 9.21 Å². The Bertz CT molecular complexity index is 437. The highest BCUT2D eigenvalue weighted by Crippen LogP contribution is 2.23. The molecular weight excluding hydrogens is 216 g/mol. The standard InChI is InChI=1S/C13H20N2O2/c1-8-9(2)17-10(3)12(8)13(16)15-6-4-5-11(14)7-15/h11H,4-7,14H2,1-3H3/t11-/m1/s1. The summed E-state index contributed by atoms with van der Waals surface area (Å²) in [6.45, 7) is 7.12. The van der Waals surface area contributed by atoms with Crippen LogP contribution in [0.5, 0.6) is 0 Å². The van der Waals surface area contributed by atoms with Gasteiger partial charge in [0.15, 0.2) is 0 Å². The van der Waals surface area contributed by atoms with E-state index in [4.69, 9.17) is 10.2 Å².